The summed E-state index contributed by atoms with van der Waals surface area (Å²) in [6, 6.07) is 1.82. The van der Waals surface area contributed by atoms with E-state index in [4.69, 9.17) is 9.15 Å². The van der Waals surface area contributed by atoms with E-state index in [-0.39, 0.29) is 18.4 Å². The molecule has 1 aromatic heterocycles. The lowest BCUT2D eigenvalue weighted by Crippen LogP contribution is -2.28. The fraction of sp³-hybridized carbons (Fsp3) is 0.667. The number of aryl methyl sites for hydroxylation is 1. The first-order valence-electron chi connectivity index (χ1n) is 7.23. The van der Waals surface area contributed by atoms with Gasteiger partial charge < -0.3 is 14.5 Å². The molecule has 3 rings (SSSR count). The van der Waals surface area contributed by atoms with Gasteiger partial charge in [-0.1, -0.05) is 0 Å². The summed E-state index contributed by atoms with van der Waals surface area (Å²) in [5, 5.41) is 3.46. The van der Waals surface area contributed by atoms with Crippen LogP contribution in [0.2, 0.25) is 0 Å². The first kappa shape index (κ1) is 16.3. The summed E-state index contributed by atoms with van der Waals surface area (Å²) in [6.07, 6.45) is 2.53. The molecule has 2 aliphatic heterocycles. The van der Waals surface area contributed by atoms with Crippen molar-refractivity contribution in [2.24, 2.45) is 5.41 Å². The number of rotatable bonds is 3. The second-order valence-electron chi connectivity index (χ2n) is 6.06. The number of carbonyl (C=O) groups is 1. The summed E-state index contributed by atoms with van der Waals surface area (Å²) in [5.74, 6) is 1.17. The molecule has 1 atom stereocenters. The van der Waals surface area contributed by atoms with E-state index >= 15 is 0 Å². The molecule has 1 N–H and O–H groups in total. The van der Waals surface area contributed by atoms with Crippen LogP contribution in [-0.4, -0.2) is 44.2 Å². The van der Waals surface area contributed by atoms with E-state index in [1.165, 1.54) is 20.0 Å². The fourth-order valence-corrected chi connectivity index (χ4v) is 3.46. The lowest BCUT2D eigenvalue weighted by Gasteiger charge is -2.22. The van der Waals surface area contributed by atoms with Gasteiger partial charge in [-0.05, 0) is 44.3 Å². The molecule has 1 aromatic rings. The first-order valence-corrected chi connectivity index (χ1v) is 7.23. The fourth-order valence-electron chi connectivity index (χ4n) is 3.46. The number of likely N-dealkylation sites (tertiary alicyclic amines) is 1. The highest BCUT2D eigenvalue weighted by molar-refractivity contribution is 5.90. The van der Waals surface area contributed by atoms with Gasteiger partial charge in [0.05, 0.1) is 13.7 Å². The maximum absolute atomic E-state index is 11.6. The monoisotopic (exact) mass is 314 g/mol. The number of ether oxygens (including phenoxy) is 1. The van der Waals surface area contributed by atoms with E-state index in [0.717, 1.165) is 38.5 Å². The number of hydrogen-bond acceptors (Lipinski definition) is 5. The van der Waals surface area contributed by atoms with Crippen molar-refractivity contribution in [2.75, 3.05) is 33.3 Å². The smallest absolute Gasteiger partial charge is 0.341 e. The topological polar surface area (TPSA) is 54.7 Å². The molecule has 1 unspecified atom stereocenters. The first-order chi connectivity index (χ1) is 9.62. The Labute approximate surface area is 131 Å². The highest BCUT2D eigenvalue weighted by Crippen LogP contribution is 2.36. The summed E-state index contributed by atoms with van der Waals surface area (Å²) < 4.78 is 10.4. The average Bonchev–Trinajstić information content (AvgIpc) is 3.13. The summed E-state index contributed by atoms with van der Waals surface area (Å²) >= 11 is 0. The van der Waals surface area contributed by atoms with Gasteiger partial charge in [0.2, 0.25) is 0 Å². The lowest BCUT2D eigenvalue weighted by atomic mass is 9.87. The average molecular weight is 315 g/mol. The molecule has 5 nitrogen and oxygen atoms in total. The SMILES string of the molecule is COC(=O)c1cc(CN2CCC3(CCNC3)C2)oc1C.Cl. The molecule has 0 aromatic carbocycles. The van der Waals surface area contributed by atoms with Gasteiger partial charge in [-0.25, -0.2) is 4.79 Å². The number of furan rings is 1. The number of nitrogens with zero attached hydrogens (tertiary/aromatic N) is 1. The van der Waals surface area contributed by atoms with Crippen LogP contribution in [0.4, 0.5) is 0 Å². The lowest BCUT2D eigenvalue weighted by molar-refractivity contribution is 0.0599. The molecule has 2 aliphatic rings. The molecule has 21 heavy (non-hydrogen) atoms. The van der Waals surface area contributed by atoms with Crippen LogP contribution < -0.4 is 5.32 Å². The van der Waals surface area contributed by atoms with Gasteiger partial charge in [0.25, 0.3) is 0 Å². The van der Waals surface area contributed by atoms with Gasteiger partial charge in [-0.3, -0.25) is 4.90 Å². The zero-order valence-electron chi connectivity index (χ0n) is 12.6. The molecule has 0 saturated carbocycles. The Bertz CT molecular complexity index is 509. The molecule has 6 heteroatoms. The molecule has 118 valence electrons. The van der Waals surface area contributed by atoms with Crippen molar-refractivity contribution < 1.29 is 13.9 Å². The summed E-state index contributed by atoms with van der Waals surface area (Å²) in [4.78, 5) is 14.0. The number of halogens is 1. The molecule has 0 radical (unpaired) electrons. The van der Waals surface area contributed by atoms with Crippen molar-refractivity contribution in [1.82, 2.24) is 10.2 Å². The predicted molar refractivity (Wildman–Crippen MR) is 81.8 cm³/mol. The highest BCUT2D eigenvalue weighted by atomic mass is 35.5. The van der Waals surface area contributed by atoms with Gasteiger partial charge in [0.15, 0.2) is 0 Å². The van der Waals surface area contributed by atoms with Crippen LogP contribution in [0.3, 0.4) is 0 Å². The molecular formula is C15H23ClN2O3. The van der Waals surface area contributed by atoms with Crippen LogP contribution in [0.1, 0.15) is 34.7 Å². The Balaban J connectivity index is 0.00000161. The van der Waals surface area contributed by atoms with Gasteiger partial charge >= 0.3 is 5.97 Å². The zero-order chi connectivity index (χ0) is 14.2. The third-order valence-corrected chi connectivity index (χ3v) is 4.60. The number of esters is 1. The van der Waals surface area contributed by atoms with E-state index in [1.54, 1.807) is 0 Å². The van der Waals surface area contributed by atoms with Crippen LogP contribution in [0, 0.1) is 12.3 Å². The van der Waals surface area contributed by atoms with Gasteiger partial charge in [0, 0.05) is 13.1 Å². The molecule has 0 bridgehead atoms. The largest absolute Gasteiger partial charge is 0.465 e. The minimum absolute atomic E-state index is 0. The van der Waals surface area contributed by atoms with Crippen molar-refractivity contribution in [3.63, 3.8) is 0 Å². The minimum atomic E-state index is -0.324. The van der Waals surface area contributed by atoms with Crippen molar-refractivity contribution in [3.05, 3.63) is 23.2 Å². The van der Waals surface area contributed by atoms with Crippen molar-refractivity contribution in [3.8, 4) is 0 Å². The quantitative estimate of drug-likeness (QED) is 0.865. The van der Waals surface area contributed by atoms with Crippen LogP contribution >= 0.6 is 12.4 Å². The van der Waals surface area contributed by atoms with Crippen molar-refractivity contribution >= 4 is 18.4 Å². The Morgan fingerprint density at radius 3 is 3.00 bits per heavy atom. The summed E-state index contributed by atoms with van der Waals surface area (Å²) in [7, 11) is 1.39. The third-order valence-electron chi connectivity index (χ3n) is 4.60. The number of carbonyl (C=O) groups excluding carboxylic acids is 1. The zero-order valence-corrected chi connectivity index (χ0v) is 13.4. The highest BCUT2D eigenvalue weighted by Gasteiger charge is 2.40. The van der Waals surface area contributed by atoms with Crippen LogP contribution in [0.25, 0.3) is 0 Å². The van der Waals surface area contributed by atoms with E-state index in [2.05, 4.69) is 10.2 Å². The second-order valence-corrected chi connectivity index (χ2v) is 6.06. The summed E-state index contributed by atoms with van der Waals surface area (Å²) in [5.41, 5.74) is 1.01. The molecular weight excluding hydrogens is 292 g/mol. The standard InChI is InChI=1S/C15H22N2O3.ClH/c1-11-13(14(18)19-2)7-12(20-11)8-17-6-4-15(10-17)3-5-16-9-15;/h7,16H,3-6,8-10H2,1-2H3;1H. The number of hydrogen-bond donors (Lipinski definition) is 1. The third kappa shape index (κ3) is 3.25. The van der Waals surface area contributed by atoms with Gasteiger partial charge in [-0.2, -0.15) is 0 Å². The molecule has 2 fully saturated rings. The summed E-state index contributed by atoms with van der Waals surface area (Å²) in [6.45, 7) is 7.08. The Kier molecular flexibility index (Phi) is 4.96. The Hall–Kier alpha value is -1.04. The number of nitrogens with one attached hydrogen (secondary N) is 1. The van der Waals surface area contributed by atoms with Crippen LogP contribution in [-0.2, 0) is 11.3 Å². The van der Waals surface area contributed by atoms with E-state index < -0.39 is 0 Å². The van der Waals surface area contributed by atoms with Crippen LogP contribution in [0.5, 0.6) is 0 Å². The van der Waals surface area contributed by atoms with E-state index in [0.29, 0.717) is 16.7 Å². The molecule has 0 aliphatic carbocycles. The molecule has 3 heterocycles. The number of methoxy groups -OCH3 is 1. The second kappa shape index (κ2) is 6.38. The maximum atomic E-state index is 11.6. The van der Waals surface area contributed by atoms with Crippen molar-refractivity contribution in [2.45, 2.75) is 26.3 Å². The Morgan fingerprint density at radius 2 is 2.33 bits per heavy atom. The molecule has 1 spiro atoms. The van der Waals surface area contributed by atoms with Gasteiger partial charge in [-0.15, -0.1) is 12.4 Å². The molecule has 0 amide bonds. The minimum Gasteiger partial charge on any atom is -0.465 e. The van der Waals surface area contributed by atoms with E-state index in [1.807, 2.05) is 13.0 Å². The molecule has 2 saturated heterocycles. The van der Waals surface area contributed by atoms with Crippen LogP contribution in [0.15, 0.2) is 10.5 Å². The predicted octanol–water partition coefficient (Wildman–Crippen LogP) is 1.98. The van der Waals surface area contributed by atoms with Gasteiger partial charge in [0.1, 0.15) is 17.1 Å². The maximum Gasteiger partial charge on any atom is 0.341 e. The van der Waals surface area contributed by atoms with E-state index in [9.17, 15) is 4.79 Å². The van der Waals surface area contributed by atoms with Crippen molar-refractivity contribution in [1.29, 1.82) is 0 Å². The normalized spacial score (nSPS) is 25.2. The Morgan fingerprint density at radius 1 is 1.52 bits per heavy atom.